The maximum absolute atomic E-state index is 5.01. The SMILES string of the molecule is C=C(/C=C\C(=C/C)C(=C)NC1=NC(C(=C)CC)=C(/C(=C\C)C(CCC)CCC)C1)C(=C)N(C)C. The summed E-state index contributed by atoms with van der Waals surface area (Å²) in [4.78, 5) is 6.97. The van der Waals surface area contributed by atoms with Crippen LogP contribution < -0.4 is 5.32 Å². The Bertz CT molecular complexity index is 926. The van der Waals surface area contributed by atoms with Gasteiger partial charge in [-0.25, -0.2) is 4.99 Å². The molecule has 0 aromatic heterocycles. The summed E-state index contributed by atoms with van der Waals surface area (Å²) in [6.45, 7) is 27.7. The van der Waals surface area contributed by atoms with Gasteiger partial charge in [-0.05, 0) is 66.9 Å². The lowest BCUT2D eigenvalue weighted by molar-refractivity contribution is 0.506. The molecule has 3 heteroatoms. The van der Waals surface area contributed by atoms with Crippen molar-refractivity contribution in [2.75, 3.05) is 14.1 Å². The third kappa shape index (κ3) is 7.90. The van der Waals surface area contributed by atoms with Crippen molar-refractivity contribution in [3.63, 3.8) is 0 Å². The lowest BCUT2D eigenvalue weighted by Crippen LogP contribution is -2.22. The second kappa shape index (κ2) is 14.5. The van der Waals surface area contributed by atoms with E-state index in [2.05, 4.69) is 65.4 Å². The van der Waals surface area contributed by atoms with Crippen LogP contribution in [0.3, 0.4) is 0 Å². The molecule has 3 nitrogen and oxygen atoms in total. The van der Waals surface area contributed by atoms with Crippen molar-refractivity contribution in [2.45, 2.75) is 73.1 Å². The van der Waals surface area contributed by atoms with E-state index in [9.17, 15) is 0 Å². The van der Waals surface area contributed by atoms with E-state index in [1.54, 1.807) is 0 Å². The van der Waals surface area contributed by atoms with Crippen LogP contribution in [-0.2, 0) is 0 Å². The summed E-state index contributed by atoms with van der Waals surface area (Å²) in [6, 6.07) is 0. The van der Waals surface area contributed by atoms with Gasteiger partial charge in [0.15, 0.2) is 0 Å². The van der Waals surface area contributed by atoms with Crippen LogP contribution in [0.5, 0.6) is 0 Å². The van der Waals surface area contributed by atoms with Gasteiger partial charge in [-0.15, -0.1) is 0 Å². The second-order valence-electron chi connectivity index (χ2n) is 9.09. The first-order valence-corrected chi connectivity index (χ1v) is 12.7. The first-order chi connectivity index (χ1) is 16.1. The number of aliphatic imine (C=N–C) groups is 1. The van der Waals surface area contributed by atoms with E-state index in [0.717, 1.165) is 52.5 Å². The fourth-order valence-corrected chi connectivity index (χ4v) is 4.26. The molecule has 0 aromatic rings. The number of allylic oxidation sites excluding steroid dienone is 6. The number of nitrogens with one attached hydrogen (secondary N) is 1. The predicted octanol–water partition coefficient (Wildman–Crippen LogP) is 8.41. The fourth-order valence-electron chi connectivity index (χ4n) is 4.26. The molecular formula is C31H47N3. The summed E-state index contributed by atoms with van der Waals surface area (Å²) >= 11 is 0. The smallest absolute Gasteiger partial charge is 0.111 e. The van der Waals surface area contributed by atoms with E-state index in [0.29, 0.717) is 5.92 Å². The normalized spacial score (nSPS) is 14.6. The largest absolute Gasteiger partial charge is 0.378 e. The molecule has 0 saturated heterocycles. The minimum atomic E-state index is 0.567. The molecule has 0 aromatic carbocycles. The average Bonchev–Trinajstić information content (AvgIpc) is 3.22. The van der Waals surface area contributed by atoms with Gasteiger partial charge in [0.25, 0.3) is 0 Å². The summed E-state index contributed by atoms with van der Waals surface area (Å²) in [5.41, 5.74) is 8.48. The van der Waals surface area contributed by atoms with Gasteiger partial charge in [-0.1, -0.05) is 84.2 Å². The molecule has 0 saturated carbocycles. The topological polar surface area (TPSA) is 27.6 Å². The molecule has 0 unspecified atom stereocenters. The molecule has 34 heavy (non-hydrogen) atoms. The third-order valence-electron chi connectivity index (χ3n) is 6.34. The van der Waals surface area contributed by atoms with Crippen molar-refractivity contribution in [3.8, 4) is 0 Å². The number of rotatable bonds is 14. The maximum atomic E-state index is 5.01. The van der Waals surface area contributed by atoms with E-state index >= 15 is 0 Å². The first-order valence-electron chi connectivity index (χ1n) is 12.7. The van der Waals surface area contributed by atoms with Gasteiger partial charge >= 0.3 is 0 Å². The minimum Gasteiger partial charge on any atom is -0.378 e. The fraction of sp³-hybridized carbons (Fsp3) is 0.452. The Kier molecular flexibility index (Phi) is 12.4. The number of amidine groups is 1. The van der Waals surface area contributed by atoms with Gasteiger partial charge in [0, 0.05) is 31.9 Å². The van der Waals surface area contributed by atoms with Gasteiger partial charge in [0.1, 0.15) is 5.84 Å². The standard InChI is InChI=1S/C31H47N3/c1-12-17-27(18-13-2)28(16-5)29-21-30(33-31(29)22(6)14-3)32-24(8)26(15-4)20-19-23(7)25(9)34(10)11/h15-16,19-20,27H,6-9,12-14,17-18,21H2,1-5,10-11H3,(H,32,33)/b20-19-,26-15+,28-16-. The van der Waals surface area contributed by atoms with Gasteiger partial charge in [-0.2, -0.15) is 0 Å². The zero-order chi connectivity index (χ0) is 25.8. The van der Waals surface area contributed by atoms with Crippen LogP contribution in [0, 0.1) is 5.92 Å². The number of likely N-dealkylation sites (N-methyl/N-ethyl adjacent to an activating group) is 1. The molecule has 0 aliphatic carbocycles. The molecule has 0 radical (unpaired) electrons. The molecule has 1 aliphatic heterocycles. The molecule has 186 valence electrons. The molecule has 0 fully saturated rings. The molecule has 1 rings (SSSR count). The van der Waals surface area contributed by atoms with Crippen molar-refractivity contribution in [1.29, 1.82) is 0 Å². The zero-order valence-electron chi connectivity index (χ0n) is 22.9. The molecule has 1 heterocycles. The van der Waals surface area contributed by atoms with Crippen LogP contribution in [0.1, 0.15) is 73.1 Å². The molecular weight excluding hydrogens is 414 g/mol. The van der Waals surface area contributed by atoms with Gasteiger partial charge in [0.2, 0.25) is 0 Å². The summed E-state index contributed by atoms with van der Waals surface area (Å²) in [7, 11) is 3.93. The van der Waals surface area contributed by atoms with E-state index in [-0.39, 0.29) is 0 Å². The summed E-state index contributed by atoms with van der Waals surface area (Å²) in [5, 5.41) is 3.49. The van der Waals surface area contributed by atoms with Crippen LogP contribution in [0.4, 0.5) is 0 Å². The Balaban J connectivity index is 3.12. The summed E-state index contributed by atoms with van der Waals surface area (Å²) in [5.74, 6) is 1.50. The Morgan fingerprint density at radius 3 is 2.09 bits per heavy atom. The highest BCUT2D eigenvalue weighted by Gasteiger charge is 2.26. The van der Waals surface area contributed by atoms with Crippen molar-refractivity contribution in [2.24, 2.45) is 10.9 Å². The molecule has 0 spiro atoms. The summed E-state index contributed by atoms with van der Waals surface area (Å²) < 4.78 is 0. The minimum absolute atomic E-state index is 0.567. The number of hydrogen-bond acceptors (Lipinski definition) is 3. The number of nitrogens with zero attached hydrogens (tertiary/aromatic N) is 2. The molecule has 0 atom stereocenters. The van der Waals surface area contributed by atoms with Crippen molar-refractivity contribution in [3.05, 3.63) is 95.6 Å². The number of hydrogen-bond donors (Lipinski definition) is 1. The van der Waals surface area contributed by atoms with Gasteiger partial charge < -0.3 is 10.2 Å². The molecule has 1 N–H and O–H groups in total. The van der Waals surface area contributed by atoms with Gasteiger partial charge in [-0.3, -0.25) is 0 Å². The Morgan fingerprint density at radius 1 is 1.00 bits per heavy atom. The second-order valence-corrected chi connectivity index (χ2v) is 9.09. The Labute approximate surface area is 209 Å². The highest BCUT2D eigenvalue weighted by molar-refractivity contribution is 5.92. The van der Waals surface area contributed by atoms with Crippen LogP contribution >= 0.6 is 0 Å². The molecule has 1 aliphatic rings. The van der Waals surface area contributed by atoms with Crippen molar-refractivity contribution >= 4 is 5.84 Å². The first kappa shape index (κ1) is 29.2. The van der Waals surface area contributed by atoms with E-state index < -0.39 is 0 Å². The van der Waals surface area contributed by atoms with Crippen molar-refractivity contribution in [1.82, 2.24) is 10.2 Å². The van der Waals surface area contributed by atoms with Crippen LogP contribution in [0.2, 0.25) is 0 Å². The monoisotopic (exact) mass is 461 g/mol. The lowest BCUT2D eigenvalue weighted by Gasteiger charge is -2.22. The third-order valence-corrected chi connectivity index (χ3v) is 6.34. The van der Waals surface area contributed by atoms with Crippen LogP contribution in [0.25, 0.3) is 0 Å². The highest BCUT2D eigenvalue weighted by Crippen LogP contribution is 2.37. The lowest BCUT2D eigenvalue weighted by atomic mass is 9.83. The van der Waals surface area contributed by atoms with Crippen LogP contribution in [-0.4, -0.2) is 24.8 Å². The van der Waals surface area contributed by atoms with E-state index in [4.69, 9.17) is 4.99 Å². The van der Waals surface area contributed by atoms with Gasteiger partial charge in [0.05, 0.1) is 5.70 Å². The predicted molar refractivity (Wildman–Crippen MR) is 153 cm³/mol. The molecule has 0 amide bonds. The van der Waals surface area contributed by atoms with Crippen molar-refractivity contribution < 1.29 is 0 Å². The zero-order valence-corrected chi connectivity index (χ0v) is 22.9. The summed E-state index contributed by atoms with van der Waals surface area (Å²) in [6.07, 6.45) is 14.8. The average molecular weight is 462 g/mol. The van der Waals surface area contributed by atoms with Crippen LogP contribution in [0.15, 0.2) is 101 Å². The van der Waals surface area contributed by atoms with E-state index in [1.807, 2.05) is 44.1 Å². The quantitative estimate of drug-likeness (QED) is 0.263. The van der Waals surface area contributed by atoms with E-state index in [1.165, 1.54) is 36.8 Å². The Hall–Kier alpha value is -2.81. The Morgan fingerprint density at radius 2 is 1.62 bits per heavy atom. The molecule has 0 bridgehead atoms. The highest BCUT2D eigenvalue weighted by atomic mass is 15.1. The maximum Gasteiger partial charge on any atom is 0.111 e.